The number of imide groups is 1. The van der Waals surface area contributed by atoms with Crippen LogP contribution in [0.15, 0.2) is 42.5 Å². The van der Waals surface area contributed by atoms with Crippen molar-refractivity contribution in [1.29, 1.82) is 0 Å². The highest BCUT2D eigenvalue weighted by Crippen LogP contribution is 2.30. The van der Waals surface area contributed by atoms with Gasteiger partial charge in [-0.25, -0.2) is 0 Å². The molecular weight excluding hydrogens is 396 g/mol. The number of carbonyl (C=O) groups excluding carboxylic acids is 4. The maximum Gasteiger partial charge on any atom is 0.255 e. The molecule has 4 amide bonds. The van der Waals surface area contributed by atoms with Crippen LogP contribution in [0.1, 0.15) is 44.7 Å². The molecule has 8 nitrogen and oxygen atoms in total. The molecule has 158 valence electrons. The van der Waals surface area contributed by atoms with E-state index < -0.39 is 11.9 Å². The topological polar surface area (TPSA) is 108 Å². The van der Waals surface area contributed by atoms with Crippen molar-refractivity contribution in [1.82, 2.24) is 15.5 Å². The van der Waals surface area contributed by atoms with Gasteiger partial charge in [-0.2, -0.15) is 0 Å². The van der Waals surface area contributed by atoms with Gasteiger partial charge < -0.3 is 15.5 Å². The number of para-hydroxylation sites is 1. The normalized spacial score (nSPS) is 22.3. The zero-order valence-corrected chi connectivity index (χ0v) is 16.8. The summed E-state index contributed by atoms with van der Waals surface area (Å²) in [5.74, 6) is -1.31. The van der Waals surface area contributed by atoms with Crippen molar-refractivity contribution >= 4 is 29.3 Å². The zero-order valence-electron chi connectivity index (χ0n) is 16.8. The minimum Gasteiger partial charge on any atom is -0.383 e. The minimum atomic E-state index is -0.701. The number of fused-ring (bicyclic) bond motifs is 2. The van der Waals surface area contributed by atoms with Crippen LogP contribution in [0.4, 0.5) is 5.69 Å². The lowest BCUT2D eigenvalue weighted by Crippen LogP contribution is -2.52. The van der Waals surface area contributed by atoms with E-state index in [2.05, 4.69) is 16.0 Å². The maximum atomic E-state index is 13.1. The van der Waals surface area contributed by atoms with E-state index in [4.69, 9.17) is 0 Å². The third kappa shape index (κ3) is 3.43. The number of amides is 4. The number of carbonyl (C=O) groups is 4. The highest BCUT2D eigenvalue weighted by Gasteiger charge is 2.40. The van der Waals surface area contributed by atoms with Crippen LogP contribution in [-0.2, 0) is 22.6 Å². The number of hydrogen-bond donors (Lipinski definition) is 3. The van der Waals surface area contributed by atoms with Crippen molar-refractivity contribution in [3.05, 3.63) is 64.7 Å². The fraction of sp³-hybridized carbons (Fsp3) is 0.304. The standard InChI is InChI=1S/C23H22N4O4/c28-20-9-8-19(22(30)26-20)27-12-17-15(5-3-6-16(17)23(27)31)21(29)25-14-10-13-4-1-2-7-18(13)24-11-14/h1-7,14,19,24H,8-12H2,(H,25,29)(H,26,28,30). The Balaban J connectivity index is 1.34. The highest BCUT2D eigenvalue weighted by atomic mass is 16.2. The van der Waals surface area contributed by atoms with Crippen LogP contribution in [0.3, 0.4) is 0 Å². The first-order valence-electron chi connectivity index (χ1n) is 10.4. The van der Waals surface area contributed by atoms with Gasteiger partial charge in [-0.05, 0) is 42.2 Å². The number of piperidine rings is 1. The Morgan fingerprint density at radius 2 is 1.90 bits per heavy atom. The first-order valence-corrected chi connectivity index (χ1v) is 10.4. The summed E-state index contributed by atoms with van der Waals surface area (Å²) in [7, 11) is 0. The van der Waals surface area contributed by atoms with Gasteiger partial charge in [0.1, 0.15) is 6.04 Å². The van der Waals surface area contributed by atoms with E-state index in [9.17, 15) is 19.2 Å². The van der Waals surface area contributed by atoms with Crippen molar-refractivity contribution in [3.63, 3.8) is 0 Å². The molecule has 0 saturated carbocycles. The molecule has 3 heterocycles. The highest BCUT2D eigenvalue weighted by molar-refractivity contribution is 6.07. The molecule has 3 N–H and O–H groups in total. The predicted molar refractivity (Wildman–Crippen MR) is 112 cm³/mol. The van der Waals surface area contributed by atoms with Crippen LogP contribution < -0.4 is 16.0 Å². The molecule has 0 aromatic heterocycles. The number of nitrogens with zero attached hydrogens (tertiary/aromatic N) is 1. The number of benzene rings is 2. The average Bonchev–Trinajstić information content (AvgIpc) is 3.10. The van der Waals surface area contributed by atoms with Crippen LogP contribution in [-0.4, -0.2) is 47.2 Å². The zero-order chi connectivity index (χ0) is 21.5. The third-order valence-electron chi connectivity index (χ3n) is 6.18. The Morgan fingerprint density at radius 1 is 1.06 bits per heavy atom. The number of rotatable bonds is 3. The van der Waals surface area contributed by atoms with Gasteiger partial charge in [-0.1, -0.05) is 24.3 Å². The minimum absolute atomic E-state index is 0.0680. The second kappa shape index (κ2) is 7.54. The van der Waals surface area contributed by atoms with Crippen molar-refractivity contribution in [3.8, 4) is 0 Å². The first kappa shape index (κ1) is 19.3. The second-order valence-electron chi connectivity index (χ2n) is 8.14. The molecule has 0 bridgehead atoms. The molecule has 2 unspecified atom stereocenters. The van der Waals surface area contributed by atoms with E-state index >= 15 is 0 Å². The quantitative estimate of drug-likeness (QED) is 0.650. The van der Waals surface area contributed by atoms with E-state index in [1.54, 1.807) is 18.2 Å². The Labute approximate surface area is 179 Å². The van der Waals surface area contributed by atoms with Gasteiger partial charge in [0.05, 0.1) is 6.04 Å². The SMILES string of the molecule is O=C1CCC(N2Cc3c(C(=O)NC4CNc5ccccc5C4)cccc3C2=O)C(=O)N1. The summed E-state index contributed by atoms with van der Waals surface area (Å²) >= 11 is 0. The molecule has 1 fully saturated rings. The summed E-state index contributed by atoms with van der Waals surface area (Å²) in [6, 6.07) is 12.3. The monoisotopic (exact) mass is 418 g/mol. The molecule has 0 aliphatic carbocycles. The fourth-order valence-corrected chi connectivity index (χ4v) is 4.61. The fourth-order valence-electron chi connectivity index (χ4n) is 4.61. The van der Waals surface area contributed by atoms with Crippen molar-refractivity contribution in [2.45, 2.75) is 37.9 Å². The Morgan fingerprint density at radius 3 is 2.74 bits per heavy atom. The summed E-state index contributed by atoms with van der Waals surface area (Å²) in [5, 5.41) is 8.71. The summed E-state index contributed by atoms with van der Waals surface area (Å²) in [6.07, 6.45) is 1.21. The van der Waals surface area contributed by atoms with Crippen molar-refractivity contribution in [2.24, 2.45) is 0 Å². The molecule has 3 aliphatic rings. The molecule has 0 spiro atoms. The third-order valence-corrected chi connectivity index (χ3v) is 6.18. The average molecular weight is 418 g/mol. The molecule has 8 heteroatoms. The largest absolute Gasteiger partial charge is 0.383 e. The lowest BCUT2D eigenvalue weighted by atomic mass is 9.98. The molecular formula is C23H22N4O4. The van der Waals surface area contributed by atoms with Crippen LogP contribution in [0, 0.1) is 0 Å². The molecule has 5 rings (SSSR count). The molecule has 2 aromatic rings. The van der Waals surface area contributed by atoms with E-state index in [-0.39, 0.29) is 36.7 Å². The first-order chi connectivity index (χ1) is 15.0. The van der Waals surface area contributed by atoms with Crippen LogP contribution in [0.5, 0.6) is 0 Å². The van der Waals surface area contributed by atoms with Gasteiger partial charge in [-0.15, -0.1) is 0 Å². The molecule has 1 saturated heterocycles. The molecule has 2 atom stereocenters. The van der Waals surface area contributed by atoms with Gasteiger partial charge in [0, 0.05) is 36.3 Å². The van der Waals surface area contributed by atoms with E-state index in [1.165, 1.54) is 4.90 Å². The maximum absolute atomic E-state index is 13.1. The summed E-state index contributed by atoms with van der Waals surface area (Å²) in [6.45, 7) is 0.800. The number of anilines is 1. The molecule has 0 radical (unpaired) electrons. The predicted octanol–water partition coefficient (Wildman–Crippen LogP) is 1.21. The summed E-state index contributed by atoms with van der Waals surface area (Å²) < 4.78 is 0. The Kier molecular flexibility index (Phi) is 4.69. The number of hydrogen-bond acceptors (Lipinski definition) is 5. The summed E-state index contributed by atoms with van der Waals surface area (Å²) in [5.41, 5.74) is 3.73. The van der Waals surface area contributed by atoms with Crippen LogP contribution in [0.2, 0.25) is 0 Å². The van der Waals surface area contributed by atoms with E-state index in [0.29, 0.717) is 29.7 Å². The van der Waals surface area contributed by atoms with Gasteiger partial charge in [0.15, 0.2) is 0 Å². The lowest BCUT2D eigenvalue weighted by molar-refractivity contribution is -0.136. The van der Waals surface area contributed by atoms with E-state index in [0.717, 1.165) is 17.7 Å². The van der Waals surface area contributed by atoms with Crippen molar-refractivity contribution in [2.75, 3.05) is 11.9 Å². The van der Waals surface area contributed by atoms with Gasteiger partial charge in [-0.3, -0.25) is 24.5 Å². The number of nitrogens with one attached hydrogen (secondary N) is 3. The second-order valence-corrected chi connectivity index (χ2v) is 8.14. The molecule has 3 aliphatic heterocycles. The van der Waals surface area contributed by atoms with Gasteiger partial charge in [0.2, 0.25) is 11.8 Å². The van der Waals surface area contributed by atoms with Crippen molar-refractivity contribution < 1.29 is 19.2 Å². The Bertz CT molecular complexity index is 1110. The van der Waals surface area contributed by atoms with Gasteiger partial charge >= 0.3 is 0 Å². The lowest BCUT2D eigenvalue weighted by Gasteiger charge is -2.29. The Hall–Kier alpha value is -3.68. The summed E-state index contributed by atoms with van der Waals surface area (Å²) in [4.78, 5) is 51.2. The van der Waals surface area contributed by atoms with Crippen LogP contribution >= 0.6 is 0 Å². The molecule has 31 heavy (non-hydrogen) atoms. The van der Waals surface area contributed by atoms with E-state index in [1.807, 2.05) is 24.3 Å². The van der Waals surface area contributed by atoms with Gasteiger partial charge in [0.25, 0.3) is 11.8 Å². The van der Waals surface area contributed by atoms with Crippen LogP contribution in [0.25, 0.3) is 0 Å². The molecule has 2 aromatic carbocycles. The smallest absolute Gasteiger partial charge is 0.255 e.